The lowest BCUT2D eigenvalue weighted by molar-refractivity contribution is -0.122. The number of carbonyl (C=O) groups excluding carboxylic acids is 2. The molecular weight excluding hydrogens is 318 g/mol. The summed E-state index contributed by atoms with van der Waals surface area (Å²) in [5.74, 6) is -0.101. The predicted molar refractivity (Wildman–Crippen MR) is 94.2 cm³/mol. The zero-order chi connectivity index (χ0) is 17.6. The minimum Gasteiger partial charge on any atom is -0.354 e. The first kappa shape index (κ1) is 17.0. The molecule has 0 unspecified atom stereocenters. The lowest BCUT2D eigenvalue weighted by Crippen LogP contribution is -2.49. The van der Waals surface area contributed by atoms with E-state index in [0.717, 1.165) is 24.1 Å². The Morgan fingerprint density at radius 3 is 2.96 bits per heavy atom. The van der Waals surface area contributed by atoms with Crippen molar-refractivity contribution in [1.82, 2.24) is 25.3 Å². The Morgan fingerprint density at radius 1 is 1.36 bits per heavy atom. The number of carbonyl (C=O) groups is 2. The third-order valence-electron chi connectivity index (χ3n) is 4.26. The maximum Gasteiger partial charge on any atom is 0.318 e. The molecule has 3 amide bonds. The number of hydrogen-bond acceptors (Lipinski definition) is 3. The molecule has 0 spiro atoms. The fraction of sp³-hybridized carbons (Fsp3) is 0.389. The van der Waals surface area contributed by atoms with Gasteiger partial charge < -0.3 is 15.5 Å². The zero-order valence-electron chi connectivity index (χ0n) is 14.3. The van der Waals surface area contributed by atoms with Gasteiger partial charge in [-0.1, -0.05) is 18.2 Å². The van der Waals surface area contributed by atoms with Crippen LogP contribution in [0.5, 0.6) is 0 Å². The van der Waals surface area contributed by atoms with E-state index in [-0.39, 0.29) is 11.9 Å². The van der Waals surface area contributed by atoms with Crippen LogP contribution in [-0.4, -0.2) is 46.3 Å². The molecule has 1 aliphatic heterocycles. The van der Waals surface area contributed by atoms with Gasteiger partial charge in [-0.05, 0) is 31.4 Å². The quantitative estimate of drug-likeness (QED) is 0.888. The van der Waals surface area contributed by atoms with E-state index in [1.807, 2.05) is 36.5 Å². The molecule has 2 heterocycles. The van der Waals surface area contributed by atoms with Crippen molar-refractivity contribution in [2.24, 2.45) is 0 Å². The largest absolute Gasteiger partial charge is 0.354 e. The van der Waals surface area contributed by atoms with Crippen LogP contribution in [-0.2, 0) is 11.3 Å². The molecule has 1 aromatic carbocycles. The van der Waals surface area contributed by atoms with Crippen LogP contribution in [0.4, 0.5) is 4.79 Å². The summed E-state index contributed by atoms with van der Waals surface area (Å²) in [7, 11) is 1.71. The van der Waals surface area contributed by atoms with Crippen LogP contribution < -0.4 is 10.6 Å². The number of rotatable bonds is 4. The van der Waals surface area contributed by atoms with Crippen LogP contribution in [0.15, 0.2) is 42.7 Å². The van der Waals surface area contributed by atoms with E-state index >= 15 is 0 Å². The number of benzene rings is 1. The molecule has 2 N–H and O–H groups in total. The number of nitrogens with zero attached hydrogens (tertiary/aromatic N) is 3. The molecule has 25 heavy (non-hydrogen) atoms. The number of aromatic nitrogens is 2. The maximum absolute atomic E-state index is 12.4. The number of urea groups is 1. The van der Waals surface area contributed by atoms with Gasteiger partial charge in [-0.25, -0.2) is 9.48 Å². The molecular formula is C18H23N5O2. The van der Waals surface area contributed by atoms with Gasteiger partial charge in [0.2, 0.25) is 5.91 Å². The highest BCUT2D eigenvalue weighted by atomic mass is 16.2. The second kappa shape index (κ2) is 7.83. The van der Waals surface area contributed by atoms with Gasteiger partial charge in [0.1, 0.15) is 6.04 Å². The SMILES string of the molecule is CN(Cc1cnn(-c2ccccc2)c1)C(=O)N[C@H]1CCCCNC1=O. The van der Waals surface area contributed by atoms with Crippen molar-refractivity contribution in [1.29, 1.82) is 0 Å². The number of para-hydroxylation sites is 1. The van der Waals surface area contributed by atoms with E-state index in [1.165, 1.54) is 0 Å². The molecule has 1 saturated heterocycles. The summed E-state index contributed by atoms with van der Waals surface area (Å²) in [6, 6.07) is 9.09. The zero-order valence-corrected chi connectivity index (χ0v) is 14.3. The van der Waals surface area contributed by atoms with Crippen molar-refractivity contribution in [2.45, 2.75) is 31.8 Å². The molecule has 0 radical (unpaired) electrons. The predicted octanol–water partition coefficient (Wildman–Crippen LogP) is 1.68. The first-order chi connectivity index (χ1) is 12.1. The molecule has 132 valence electrons. The lowest BCUT2D eigenvalue weighted by atomic mass is 10.1. The Bertz CT molecular complexity index is 728. The summed E-state index contributed by atoms with van der Waals surface area (Å²) < 4.78 is 1.78. The highest BCUT2D eigenvalue weighted by Gasteiger charge is 2.23. The molecule has 1 aromatic heterocycles. The van der Waals surface area contributed by atoms with Crippen LogP contribution in [0, 0.1) is 0 Å². The molecule has 2 aromatic rings. The van der Waals surface area contributed by atoms with Crippen molar-refractivity contribution in [3.05, 3.63) is 48.3 Å². The number of nitrogens with one attached hydrogen (secondary N) is 2. The van der Waals surface area contributed by atoms with Crippen LogP contribution in [0.25, 0.3) is 5.69 Å². The minimum absolute atomic E-state index is 0.101. The van der Waals surface area contributed by atoms with E-state index in [9.17, 15) is 9.59 Å². The average Bonchev–Trinajstić information content (AvgIpc) is 3.00. The molecule has 7 nitrogen and oxygen atoms in total. The lowest BCUT2D eigenvalue weighted by Gasteiger charge is -2.21. The van der Waals surface area contributed by atoms with Gasteiger partial charge in [0.05, 0.1) is 18.4 Å². The van der Waals surface area contributed by atoms with Crippen LogP contribution in [0.3, 0.4) is 0 Å². The highest BCUT2D eigenvalue weighted by molar-refractivity contribution is 5.87. The Labute approximate surface area is 147 Å². The summed E-state index contributed by atoms with van der Waals surface area (Å²) >= 11 is 0. The summed E-state index contributed by atoms with van der Waals surface area (Å²) in [5, 5.41) is 9.97. The topological polar surface area (TPSA) is 79.3 Å². The van der Waals surface area contributed by atoms with E-state index in [1.54, 1.807) is 22.8 Å². The van der Waals surface area contributed by atoms with Gasteiger partial charge in [0, 0.05) is 25.4 Å². The Hall–Kier alpha value is -2.83. The first-order valence-electron chi connectivity index (χ1n) is 8.52. The molecule has 1 fully saturated rings. The molecule has 0 bridgehead atoms. The Kier molecular flexibility index (Phi) is 5.33. The van der Waals surface area contributed by atoms with Crippen LogP contribution in [0.2, 0.25) is 0 Å². The third-order valence-corrected chi connectivity index (χ3v) is 4.26. The molecule has 0 aliphatic carbocycles. The van der Waals surface area contributed by atoms with E-state index in [2.05, 4.69) is 15.7 Å². The standard InChI is InChI=1S/C18H23N5O2/c1-22(18(25)21-16-9-5-6-10-19-17(16)24)12-14-11-20-23(13-14)15-7-3-2-4-8-15/h2-4,7-8,11,13,16H,5-6,9-10,12H2,1H3,(H,19,24)(H,21,25)/t16-/m0/s1. The van der Waals surface area contributed by atoms with Gasteiger partial charge in [0.15, 0.2) is 0 Å². The number of hydrogen-bond donors (Lipinski definition) is 2. The van der Waals surface area contributed by atoms with E-state index in [4.69, 9.17) is 0 Å². The molecule has 1 atom stereocenters. The van der Waals surface area contributed by atoms with Crippen molar-refractivity contribution in [2.75, 3.05) is 13.6 Å². The van der Waals surface area contributed by atoms with Gasteiger partial charge >= 0.3 is 6.03 Å². The number of amides is 3. The van der Waals surface area contributed by atoms with Crippen LogP contribution in [0.1, 0.15) is 24.8 Å². The summed E-state index contributed by atoms with van der Waals surface area (Å²) in [6.45, 7) is 1.10. The van der Waals surface area contributed by atoms with Crippen LogP contribution >= 0.6 is 0 Å². The van der Waals surface area contributed by atoms with E-state index in [0.29, 0.717) is 19.5 Å². The molecule has 7 heteroatoms. The highest BCUT2D eigenvalue weighted by Crippen LogP contribution is 2.10. The summed E-state index contributed by atoms with van der Waals surface area (Å²) in [6.07, 6.45) is 6.20. The van der Waals surface area contributed by atoms with E-state index < -0.39 is 6.04 Å². The fourth-order valence-corrected chi connectivity index (χ4v) is 2.85. The Morgan fingerprint density at radius 2 is 2.16 bits per heavy atom. The normalized spacial score (nSPS) is 17.5. The minimum atomic E-state index is -0.454. The second-order valence-electron chi connectivity index (χ2n) is 6.27. The smallest absolute Gasteiger partial charge is 0.318 e. The third kappa shape index (κ3) is 4.37. The van der Waals surface area contributed by atoms with Gasteiger partial charge in [-0.15, -0.1) is 0 Å². The van der Waals surface area contributed by atoms with Crippen molar-refractivity contribution < 1.29 is 9.59 Å². The average molecular weight is 341 g/mol. The molecule has 1 aliphatic rings. The Balaban J connectivity index is 1.58. The fourth-order valence-electron chi connectivity index (χ4n) is 2.85. The van der Waals surface area contributed by atoms with Gasteiger partial charge in [-0.3, -0.25) is 4.79 Å². The van der Waals surface area contributed by atoms with Crippen molar-refractivity contribution >= 4 is 11.9 Å². The van der Waals surface area contributed by atoms with Gasteiger partial charge in [0.25, 0.3) is 0 Å². The molecule has 0 saturated carbocycles. The summed E-state index contributed by atoms with van der Waals surface area (Å²) in [5.41, 5.74) is 1.89. The first-order valence-corrected chi connectivity index (χ1v) is 8.52. The summed E-state index contributed by atoms with van der Waals surface area (Å²) in [4.78, 5) is 25.9. The maximum atomic E-state index is 12.4. The second-order valence-corrected chi connectivity index (χ2v) is 6.27. The van der Waals surface area contributed by atoms with Gasteiger partial charge in [-0.2, -0.15) is 5.10 Å². The monoisotopic (exact) mass is 341 g/mol. The van der Waals surface area contributed by atoms with Crippen molar-refractivity contribution in [3.63, 3.8) is 0 Å². The van der Waals surface area contributed by atoms with Crippen molar-refractivity contribution in [3.8, 4) is 5.69 Å². The molecule has 3 rings (SSSR count).